The molecule has 0 saturated carbocycles. The van der Waals surface area contributed by atoms with Crippen molar-refractivity contribution in [3.05, 3.63) is 88.4 Å². The van der Waals surface area contributed by atoms with Crippen molar-refractivity contribution in [1.29, 1.82) is 0 Å². The smallest absolute Gasteiger partial charge is 0.337 e. The number of halogens is 1. The molecule has 0 saturated heterocycles. The standard InChI is InChI=1S/C23H21BrN2O5S/c1-16-11-12-17(23(28)31-2)13-21(16)25-22(27)15-26(19-8-6-7-18(24)14-19)32(29,30)20-9-4-3-5-10-20/h3-14H,15H2,1-2H3,(H,25,27). The fourth-order valence-electron chi connectivity index (χ4n) is 2.99. The van der Waals surface area contributed by atoms with Crippen molar-refractivity contribution in [2.24, 2.45) is 0 Å². The van der Waals surface area contributed by atoms with E-state index in [4.69, 9.17) is 4.74 Å². The third-order valence-electron chi connectivity index (χ3n) is 4.65. The zero-order valence-corrected chi connectivity index (χ0v) is 19.8. The minimum Gasteiger partial charge on any atom is -0.465 e. The zero-order chi connectivity index (χ0) is 23.3. The van der Waals surface area contributed by atoms with Gasteiger partial charge in [-0.05, 0) is 55.0 Å². The van der Waals surface area contributed by atoms with E-state index in [9.17, 15) is 18.0 Å². The molecule has 0 spiro atoms. The van der Waals surface area contributed by atoms with Gasteiger partial charge in [-0.1, -0.05) is 46.3 Å². The van der Waals surface area contributed by atoms with Crippen molar-refractivity contribution >= 4 is 49.2 Å². The molecule has 7 nitrogen and oxygen atoms in total. The minimum absolute atomic E-state index is 0.0663. The van der Waals surface area contributed by atoms with Gasteiger partial charge in [-0.15, -0.1) is 0 Å². The van der Waals surface area contributed by atoms with Gasteiger partial charge < -0.3 is 10.1 Å². The first-order valence-electron chi connectivity index (χ1n) is 9.54. The van der Waals surface area contributed by atoms with Crippen LogP contribution < -0.4 is 9.62 Å². The van der Waals surface area contributed by atoms with E-state index in [0.29, 0.717) is 21.4 Å². The highest BCUT2D eigenvalue weighted by Gasteiger charge is 2.27. The Kier molecular flexibility index (Phi) is 7.32. The topological polar surface area (TPSA) is 92.8 Å². The van der Waals surface area contributed by atoms with Crippen LogP contribution in [0.4, 0.5) is 11.4 Å². The second-order valence-corrected chi connectivity index (χ2v) is 9.65. The molecule has 0 unspecified atom stereocenters. The summed E-state index contributed by atoms with van der Waals surface area (Å²) < 4.78 is 33.1. The average Bonchev–Trinajstić information content (AvgIpc) is 2.79. The van der Waals surface area contributed by atoms with E-state index in [1.165, 1.54) is 25.3 Å². The molecule has 3 aromatic rings. The highest BCUT2D eigenvalue weighted by molar-refractivity contribution is 9.10. The number of methoxy groups -OCH3 is 1. The Morgan fingerprint density at radius 1 is 1.00 bits per heavy atom. The summed E-state index contributed by atoms with van der Waals surface area (Å²) >= 11 is 3.35. The maximum Gasteiger partial charge on any atom is 0.337 e. The molecule has 1 amide bonds. The molecule has 0 bridgehead atoms. The van der Waals surface area contributed by atoms with Gasteiger partial charge in [0.2, 0.25) is 5.91 Å². The van der Waals surface area contributed by atoms with E-state index in [-0.39, 0.29) is 10.5 Å². The molecule has 0 aromatic heterocycles. The van der Waals surface area contributed by atoms with E-state index < -0.39 is 28.4 Å². The van der Waals surface area contributed by atoms with Gasteiger partial charge in [0.25, 0.3) is 10.0 Å². The Hall–Kier alpha value is -3.17. The number of nitrogens with one attached hydrogen (secondary N) is 1. The largest absolute Gasteiger partial charge is 0.465 e. The quantitative estimate of drug-likeness (QED) is 0.470. The lowest BCUT2D eigenvalue weighted by atomic mass is 10.1. The van der Waals surface area contributed by atoms with E-state index in [1.807, 2.05) is 0 Å². The molecule has 0 radical (unpaired) electrons. The third kappa shape index (κ3) is 5.35. The number of ether oxygens (including phenoxy) is 1. The predicted octanol–water partition coefficient (Wildman–Crippen LogP) is 4.38. The van der Waals surface area contributed by atoms with Gasteiger partial charge in [0.05, 0.1) is 23.3 Å². The van der Waals surface area contributed by atoms with Crippen LogP contribution in [0.3, 0.4) is 0 Å². The summed E-state index contributed by atoms with van der Waals surface area (Å²) in [6, 6.07) is 19.3. The monoisotopic (exact) mass is 516 g/mol. The Balaban J connectivity index is 1.94. The number of carbonyl (C=O) groups is 2. The van der Waals surface area contributed by atoms with Crippen molar-refractivity contribution in [3.63, 3.8) is 0 Å². The number of anilines is 2. The second-order valence-electron chi connectivity index (χ2n) is 6.87. The molecule has 0 aliphatic carbocycles. The number of hydrogen-bond donors (Lipinski definition) is 1. The number of rotatable bonds is 7. The van der Waals surface area contributed by atoms with E-state index in [1.54, 1.807) is 61.5 Å². The van der Waals surface area contributed by atoms with Gasteiger partial charge in [0, 0.05) is 10.2 Å². The highest BCUT2D eigenvalue weighted by Crippen LogP contribution is 2.26. The van der Waals surface area contributed by atoms with Crippen LogP contribution in [-0.2, 0) is 19.6 Å². The van der Waals surface area contributed by atoms with Crippen LogP contribution in [0.25, 0.3) is 0 Å². The molecule has 9 heteroatoms. The van der Waals surface area contributed by atoms with Crippen molar-refractivity contribution in [3.8, 4) is 0 Å². The van der Waals surface area contributed by atoms with Crippen LogP contribution in [0, 0.1) is 6.92 Å². The molecule has 0 atom stereocenters. The molecule has 0 aliphatic heterocycles. The van der Waals surface area contributed by atoms with Crippen LogP contribution in [0.15, 0.2) is 82.2 Å². The predicted molar refractivity (Wildman–Crippen MR) is 126 cm³/mol. The normalized spacial score (nSPS) is 11.0. The van der Waals surface area contributed by atoms with E-state index in [0.717, 1.165) is 4.31 Å². The molecule has 3 aromatic carbocycles. The number of hydrogen-bond acceptors (Lipinski definition) is 5. The minimum atomic E-state index is -4.02. The van der Waals surface area contributed by atoms with Crippen molar-refractivity contribution in [2.45, 2.75) is 11.8 Å². The maximum atomic E-state index is 13.4. The molecule has 32 heavy (non-hydrogen) atoms. The van der Waals surface area contributed by atoms with Crippen molar-refractivity contribution in [1.82, 2.24) is 0 Å². The third-order valence-corrected chi connectivity index (χ3v) is 6.93. The number of sulfonamides is 1. The first-order valence-corrected chi connectivity index (χ1v) is 11.8. The number of nitrogens with zero attached hydrogens (tertiary/aromatic N) is 1. The Labute approximate surface area is 195 Å². The second kappa shape index (κ2) is 9.97. The number of carbonyl (C=O) groups excluding carboxylic acids is 2. The molecular formula is C23H21BrN2O5S. The summed E-state index contributed by atoms with van der Waals surface area (Å²) in [5.74, 6) is -1.10. The average molecular weight is 517 g/mol. The van der Waals surface area contributed by atoms with Gasteiger partial charge in [0.15, 0.2) is 0 Å². The summed E-state index contributed by atoms with van der Waals surface area (Å²) in [6.45, 7) is 1.30. The number of aryl methyl sites for hydroxylation is 1. The van der Waals surface area contributed by atoms with Crippen LogP contribution in [0.5, 0.6) is 0 Å². The van der Waals surface area contributed by atoms with Gasteiger partial charge in [-0.2, -0.15) is 0 Å². The van der Waals surface area contributed by atoms with Crippen LogP contribution in [0.1, 0.15) is 15.9 Å². The Bertz CT molecular complexity index is 1250. The number of esters is 1. The lowest BCUT2D eigenvalue weighted by Crippen LogP contribution is -2.38. The summed E-state index contributed by atoms with van der Waals surface area (Å²) in [6.07, 6.45) is 0. The lowest BCUT2D eigenvalue weighted by Gasteiger charge is -2.24. The zero-order valence-electron chi connectivity index (χ0n) is 17.4. The fraction of sp³-hybridized carbons (Fsp3) is 0.130. The summed E-state index contributed by atoms with van der Waals surface area (Å²) in [4.78, 5) is 24.8. The molecule has 0 heterocycles. The first-order chi connectivity index (χ1) is 15.2. The van der Waals surface area contributed by atoms with Gasteiger partial charge >= 0.3 is 5.97 Å². The van der Waals surface area contributed by atoms with Crippen molar-refractivity contribution in [2.75, 3.05) is 23.3 Å². The summed E-state index contributed by atoms with van der Waals surface area (Å²) in [5, 5.41) is 2.70. The Morgan fingerprint density at radius 2 is 1.72 bits per heavy atom. The Morgan fingerprint density at radius 3 is 2.38 bits per heavy atom. The SMILES string of the molecule is COC(=O)c1ccc(C)c(NC(=O)CN(c2cccc(Br)c2)S(=O)(=O)c2ccccc2)c1. The fourth-order valence-corrected chi connectivity index (χ4v) is 4.81. The first kappa shape index (κ1) is 23.5. The van der Waals surface area contributed by atoms with Gasteiger partial charge in [-0.25, -0.2) is 13.2 Å². The highest BCUT2D eigenvalue weighted by atomic mass is 79.9. The summed E-state index contributed by atoms with van der Waals surface area (Å²) in [5.41, 5.74) is 1.71. The lowest BCUT2D eigenvalue weighted by molar-refractivity contribution is -0.114. The molecule has 1 N–H and O–H groups in total. The maximum absolute atomic E-state index is 13.4. The van der Waals surface area contributed by atoms with E-state index >= 15 is 0 Å². The molecule has 0 aliphatic rings. The van der Waals surface area contributed by atoms with Crippen LogP contribution in [-0.4, -0.2) is 33.9 Å². The van der Waals surface area contributed by atoms with E-state index in [2.05, 4.69) is 21.2 Å². The summed E-state index contributed by atoms with van der Waals surface area (Å²) in [7, 11) is -2.75. The molecule has 0 fully saturated rings. The van der Waals surface area contributed by atoms with Crippen LogP contribution >= 0.6 is 15.9 Å². The molecular weight excluding hydrogens is 496 g/mol. The number of benzene rings is 3. The van der Waals surface area contributed by atoms with Gasteiger partial charge in [0.1, 0.15) is 6.54 Å². The molecule has 166 valence electrons. The van der Waals surface area contributed by atoms with Crippen molar-refractivity contribution < 1.29 is 22.7 Å². The molecule has 3 rings (SSSR count). The van der Waals surface area contributed by atoms with Crippen LogP contribution in [0.2, 0.25) is 0 Å². The van der Waals surface area contributed by atoms with Gasteiger partial charge in [-0.3, -0.25) is 9.10 Å². The number of amides is 1.